The molecule has 0 spiro atoms. The Hall–Kier alpha value is -0.890. The number of nitrogens with two attached hydrogens (primary N) is 2. The first kappa shape index (κ1) is 23.4. The monoisotopic (exact) mass is 340 g/mol. The summed E-state index contributed by atoms with van der Waals surface area (Å²) in [7, 11) is 0. The summed E-state index contributed by atoms with van der Waals surface area (Å²) in [6, 6.07) is -1.20. The molecule has 6 N–H and O–H groups in total. The van der Waals surface area contributed by atoms with Gasteiger partial charge in [0.05, 0.1) is 6.10 Å². The number of hydrogen-bond acceptors (Lipinski definition) is 6. The summed E-state index contributed by atoms with van der Waals surface area (Å²) in [5, 5.41) is 16.3. The van der Waals surface area contributed by atoms with Crippen LogP contribution in [0, 0.1) is 0 Å². The van der Waals surface area contributed by atoms with Gasteiger partial charge in [0.2, 0.25) is 0 Å². The summed E-state index contributed by atoms with van der Waals surface area (Å²) in [6.45, 7) is 3.06. The first-order chi connectivity index (χ1) is 9.73. The Morgan fingerprint density at radius 2 is 1.41 bits per heavy atom. The van der Waals surface area contributed by atoms with Gasteiger partial charge in [0.15, 0.2) is 0 Å². The van der Waals surface area contributed by atoms with Gasteiger partial charge in [-0.3, -0.25) is 9.59 Å². The second kappa shape index (κ2) is 12.6. The molecule has 0 heterocycles. The van der Waals surface area contributed by atoms with Gasteiger partial charge in [0, 0.05) is 0 Å². The quantitative estimate of drug-likeness (QED) is 0.558. The topological polar surface area (TPSA) is 136 Å². The lowest BCUT2D eigenvalue weighted by Gasteiger charge is -2.25. The Kier molecular flexibility index (Phi) is 13.4. The van der Waals surface area contributed by atoms with Crippen molar-refractivity contribution < 1.29 is 24.5 Å². The molecule has 0 unspecified atom stereocenters. The highest BCUT2D eigenvalue weighted by Gasteiger charge is 2.22. The van der Waals surface area contributed by atoms with E-state index >= 15 is 0 Å². The van der Waals surface area contributed by atoms with Crippen molar-refractivity contribution in [3.8, 4) is 0 Å². The number of halogens is 1. The van der Waals surface area contributed by atoms with E-state index in [2.05, 4.69) is 0 Å². The molecule has 2 rings (SSSR count). The Morgan fingerprint density at radius 3 is 1.55 bits per heavy atom. The van der Waals surface area contributed by atoms with Gasteiger partial charge >= 0.3 is 11.9 Å². The minimum Gasteiger partial charge on any atom is -0.480 e. The number of rotatable bonds is 3. The van der Waals surface area contributed by atoms with Gasteiger partial charge in [-0.2, -0.15) is 0 Å². The van der Waals surface area contributed by atoms with Crippen molar-refractivity contribution in [3.63, 3.8) is 0 Å². The molecule has 2 aliphatic rings. The van der Waals surface area contributed by atoms with Crippen molar-refractivity contribution in [1.82, 2.24) is 0 Å². The predicted molar refractivity (Wildman–Crippen MR) is 85.8 cm³/mol. The van der Waals surface area contributed by atoms with Crippen molar-refractivity contribution in [1.29, 1.82) is 0 Å². The van der Waals surface area contributed by atoms with Gasteiger partial charge in [-0.25, -0.2) is 0 Å². The van der Waals surface area contributed by atoms with Gasteiger partial charge in [-0.15, -0.1) is 12.4 Å². The number of aliphatic carboxylic acids is 1. The number of carboxylic acid groups (broad SMARTS) is 1. The van der Waals surface area contributed by atoms with E-state index in [0.717, 1.165) is 25.7 Å². The van der Waals surface area contributed by atoms with E-state index in [0.29, 0.717) is 0 Å². The molecule has 0 aromatic heterocycles. The van der Waals surface area contributed by atoms with Crippen molar-refractivity contribution in [2.24, 2.45) is 11.5 Å². The minimum atomic E-state index is -0.963. The second-order valence-electron chi connectivity index (χ2n) is 5.49. The maximum atomic E-state index is 10.8. The molecule has 0 amide bonds. The van der Waals surface area contributed by atoms with Gasteiger partial charge in [-0.05, 0) is 52.4 Å². The second-order valence-corrected chi connectivity index (χ2v) is 5.49. The molecule has 2 atom stereocenters. The van der Waals surface area contributed by atoms with E-state index in [1.54, 1.807) is 6.92 Å². The van der Waals surface area contributed by atoms with E-state index in [-0.39, 0.29) is 30.6 Å². The van der Waals surface area contributed by atoms with Crippen LogP contribution >= 0.6 is 12.4 Å². The van der Waals surface area contributed by atoms with Crippen LogP contribution in [0.1, 0.15) is 52.4 Å². The Balaban J connectivity index is 0. The van der Waals surface area contributed by atoms with Crippen LogP contribution in [0.5, 0.6) is 0 Å². The molecule has 132 valence electrons. The van der Waals surface area contributed by atoms with E-state index in [9.17, 15) is 9.59 Å². The molecule has 2 fully saturated rings. The average Bonchev–Trinajstić information content (AvgIpc) is 2.32. The van der Waals surface area contributed by atoms with Gasteiger partial charge in [0.25, 0.3) is 0 Å². The Morgan fingerprint density at radius 1 is 1.05 bits per heavy atom. The lowest BCUT2D eigenvalue weighted by molar-refractivity contribution is -0.154. The third-order valence-electron chi connectivity index (χ3n) is 3.17. The standard InChI is InChI=1S/C7H13NO2.C4H8O.C3H7NO2.ClH/c1-5(8)7(9)10-6-3-2-4-6;5-4-2-1-3-4;1-2(4)3(5)6;/h5-6H,2-4,8H2,1H3;4-5H,1-3H2;2H,4H2,1H3,(H,5,6);1H/t5-;;2-;/m0.0./s1. The predicted octanol–water partition coefficient (Wildman–Crippen LogP) is 0.801. The number of aliphatic hydroxyl groups excluding tert-OH is 1. The summed E-state index contributed by atoms with van der Waals surface area (Å²) in [4.78, 5) is 20.4. The smallest absolute Gasteiger partial charge is 0.322 e. The molecule has 22 heavy (non-hydrogen) atoms. The SMILES string of the molecule is C[C@H](N)C(=O)O.C[C@H](N)C(=O)OC1CCC1.Cl.OC1CCC1. The fraction of sp³-hybridized carbons (Fsp3) is 0.857. The number of esters is 1. The van der Waals surface area contributed by atoms with E-state index in [4.69, 9.17) is 26.4 Å². The molecule has 0 aromatic rings. The van der Waals surface area contributed by atoms with Crippen molar-refractivity contribution in [2.75, 3.05) is 0 Å². The van der Waals surface area contributed by atoms with Crippen LogP contribution in [0.15, 0.2) is 0 Å². The zero-order chi connectivity index (χ0) is 16.4. The van der Waals surface area contributed by atoms with Crippen LogP contribution in [0.2, 0.25) is 0 Å². The van der Waals surface area contributed by atoms with Crippen LogP contribution in [0.25, 0.3) is 0 Å². The number of carbonyl (C=O) groups excluding carboxylic acids is 1. The van der Waals surface area contributed by atoms with Gasteiger partial charge in [0.1, 0.15) is 18.2 Å². The Labute approximate surface area is 137 Å². The fourth-order valence-corrected chi connectivity index (χ4v) is 1.15. The van der Waals surface area contributed by atoms with Crippen LogP contribution in [-0.2, 0) is 14.3 Å². The van der Waals surface area contributed by atoms with Gasteiger partial charge in [-0.1, -0.05) is 0 Å². The zero-order valence-corrected chi connectivity index (χ0v) is 14.1. The number of hydrogen-bond donors (Lipinski definition) is 4. The molecule has 0 aromatic carbocycles. The lowest BCUT2D eigenvalue weighted by atomic mass is 9.96. The van der Waals surface area contributed by atoms with Crippen molar-refractivity contribution >= 4 is 24.3 Å². The normalized spacial score (nSPS) is 19.3. The maximum Gasteiger partial charge on any atom is 0.322 e. The van der Waals surface area contributed by atoms with Crippen LogP contribution in [0.4, 0.5) is 0 Å². The van der Waals surface area contributed by atoms with Crippen LogP contribution < -0.4 is 11.5 Å². The molecule has 7 nitrogen and oxygen atoms in total. The summed E-state index contributed by atoms with van der Waals surface area (Å²) < 4.78 is 4.98. The number of aliphatic hydroxyl groups is 1. The number of carbonyl (C=O) groups is 2. The summed E-state index contributed by atoms with van der Waals surface area (Å²) in [6.07, 6.45) is 6.75. The van der Waals surface area contributed by atoms with E-state index in [1.807, 2.05) is 0 Å². The molecular weight excluding hydrogens is 312 g/mol. The third kappa shape index (κ3) is 11.7. The first-order valence-corrected chi connectivity index (χ1v) is 7.36. The van der Waals surface area contributed by atoms with E-state index in [1.165, 1.54) is 19.8 Å². The molecule has 0 radical (unpaired) electrons. The average molecular weight is 341 g/mol. The fourth-order valence-electron chi connectivity index (χ4n) is 1.15. The maximum absolute atomic E-state index is 10.8. The molecular formula is C14H29ClN2O5. The lowest BCUT2D eigenvalue weighted by Crippen LogP contribution is -2.34. The first-order valence-electron chi connectivity index (χ1n) is 7.36. The Bertz CT molecular complexity index is 318. The van der Waals surface area contributed by atoms with Crippen LogP contribution in [0.3, 0.4) is 0 Å². The molecule has 8 heteroatoms. The molecule has 2 aliphatic carbocycles. The highest BCUT2D eigenvalue weighted by atomic mass is 35.5. The van der Waals surface area contributed by atoms with Crippen molar-refractivity contribution in [2.45, 2.75) is 76.7 Å². The summed E-state index contributed by atoms with van der Waals surface area (Å²) >= 11 is 0. The summed E-state index contributed by atoms with van der Waals surface area (Å²) in [5.74, 6) is -1.24. The highest BCUT2D eigenvalue weighted by Crippen LogP contribution is 2.22. The molecule has 0 saturated heterocycles. The third-order valence-corrected chi connectivity index (χ3v) is 3.17. The van der Waals surface area contributed by atoms with Gasteiger partial charge < -0.3 is 26.4 Å². The van der Waals surface area contributed by atoms with Crippen LogP contribution in [-0.4, -0.2) is 46.4 Å². The number of ether oxygens (including phenoxy) is 1. The summed E-state index contributed by atoms with van der Waals surface area (Å²) in [5.41, 5.74) is 10.1. The molecule has 0 bridgehead atoms. The number of carboxylic acids is 1. The molecule has 2 saturated carbocycles. The zero-order valence-electron chi connectivity index (χ0n) is 13.2. The highest BCUT2D eigenvalue weighted by molar-refractivity contribution is 5.85. The van der Waals surface area contributed by atoms with Crippen molar-refractivity contribution in [3.05, 3.63) is 0 Å². The minimum absolute atomic E-state index is 0. The van der Waals surface area contributed by atoms with E-state index < -0.39 is 18.1 Å². The largest absolute Gasteiger partial charge is 0.480 e. The molecule has 0 aliphatic heterocycles.